The molecule has 1 heterocycles. The molecule has 0 radical (unpaired) electrons. The van der Waals surface area contributed by atoms with Crippen LogP contribution in [0.25, 0.3) is 10.9 Å². The fourth-order valence-corrected chi connectivity index (χ4v) is 4.05. The molecule has 2 aromatic carbocycles. The van der Waals surface area contributed by atoms with Crippen LogP contribution in [-0.2, 0) is 6.54 Å². The molecule has 0 saturated heterocycles. The van der Waals surface area contributed by atoms with Gasteiger partial charge < -0.3 is 14.4 Å². The number of aromatic nitrogens is 1. The number of carboxylic acids is 1. The summed E-state index contributed by atoms with van der Waals surface area (Å²) in [6, 6.07) is 12.7. The van der Waals surface area contributed by atoms with Gasteiger partial charge in [-0.2, -0.15) is 0 Å². The van der Waals surface area contributed by atoms with Crippen LogP contribution in [-0.4, -0.2) is 21.2 Å². The van der Waals surface area contributed by atoms with Crippen LogP contribution in [0.3, 0.4) is 0 Å². The van der Waals surface area contributed by atoms with Gasteiger partial charge in [0.25, 0.3) is 0 Å². The summed E-state index contributed by atoms with van der Waals surface area (Å²) in [5.74, 6) is -0.703. The second-order valence-corrected chi connectivity index (χ2v) is 8.21. The molecule has 4 nitrogen and oxygen atoms in total. The zero-order valence-electron chi connectivity index (χ0n) is 17.1. The van der Waals surface area contributed by atoms with E-state index in [4.69, 9.17) is 27.9 Å². The van der Waals surface area contributed by atoms with Gasteiger partial charge in [0.05, 0.1) is 5.52 Å². The van der Waals surface area contributed by atoms with E-state index in [-0.39, 0.29) is 5.69 Å². The van der Waals surface area contributed by atoms with Crippen molar-refractivity contribution in [2.75, 3.05) is 0 Å². The van der Waals surface area contributed by atoms with Crippen LogP contribution in [0.5, 0.6) is 5.75 Å². The summed E-state index contributed by atoms with van der Waals surface area (Å²) >= 11 is 12.3. The molecule has 0 unspecified atom stereocenters. The number of benzene rings is 2. The maximum absolute atomic E-state index is 12.4. The molecule has 1 aromatic heterocycles. The first-order valence-electron chi connectivity index (χ1n) is 9.93. The maximum atomic E-state index is 12.4. The highest BCUT2D eigenvalue weighted by atomic mass is 35.5. The number of rotatable bonds is 9. The fraction of sp³-hybridized carbons (Fsp3) is 0.292. The summed E-state index contributed by atoms with van der Waals surface area (Å²) in [5.41, 5.74) is 1.26. The maximum Gasteiger partial charge on any atom is 0.356 e. The third-order valence-electron chi connectivity index (χ3n) is 5.56. The number of nitrogens with zero attached hydrogens (tertiary/aromatic N) is 1. The summed E-state index contributed by atoms with van der Waals surface area (Å²) < 4.78 is 8.25. The first-order valence-corrected chi connectivity index (χ1v) is 10.7. The lowest BCUT2D eigenvalue weighted by molar-refractivity contribution is 0.0566. The second-order valence-electron chi connectivity index (χ2n) is 7.34. The minimum Gasteiger partial charge on any atom is -0.484 e. The molecule has 0 amide bonds. The Labute approximate surface area is 186 Å². The molecule has 158 valence electrons. The van der Waals surface area contributed by atoms with Crippen LogP contribution in [0.2, 0.25) is 10.0 Å². The van der Waals surface area contributed by atoms with E-state index in [9.17, 15) is 9.90 Å². The molecular formula is C24H25Cl2NO3. The van der Waals surface area contributed by atoms with Crippen LogP contribution in [0.4, 0.5) is 0 Å². The third-order valence-corrected chi connectivity index (χ3v) is 6.05. The van der Waals surface area contributed by atoms with Gasteiger partial charge in [0.15, 0.2) is 11.4 Å². The van der Waals surface area contributed by atoms with E-state index < -0.39 is 11.6 Å². The summed E-state index contributed by atoms with van der Waals surface area (Å²) in [7, 11) is 0. The van der Waals surface area contributed by atoms with Crippen molar-refractivity contribution >= 4 is 40.1 Å². The van der Waals surface area contributed by atoms with Crippen LogP contribution < -0.4 is 4.74 Å². The highest BCUT2D eigenvalue weighted by Gasteiger charge is 2.32. The molecule has 30 heavy (non-hydrogen) atoms. The monoisotopic (exact) mass is 445 g/mol. The molecular weight excluding hydrogens is 421 g/mol. The predicted octanol–water partition coefficient (Wildman–Crippen LogP) is 7.21. The normalized spacial score (nSPS) is 11.6. The van der Waals surface area contributed by atoms with Crippen molar-refractivity contribution in [1.29, 1.82) is 0 Å². The van der Waals surface area contributed by atoms with Crippen LogP contribution >= 0.6 is 23.2 Å². The van der Waals surface area contributed by atoms with Gasteiger partial charge in [0.2, 0.25) is 0 Å². The van der Waals surface area contributed by atoms with Crippen LogP contribution in [0, 0.1) is 0 Å². The molecule has 0 atom stereocenters. The van der Waals surface area contributed by atoms with E-state index in [1.807, 2.05) is 38.1 Å². The minimum atomic E-state index is -1.05. The summed E-state index contributed by atoms with van der Waals surface area (Å²) in [5, 5.41) is 12.0. The van der Waals surface area contributed by atoms with Crippen molar-refractivity contribution in [1.82, 2.24) is 4.57 Å². The van der Waals surface area contributed by atoms with E-state index >= 15 is 0 Å². The number of ether oxygens (including phenoxy) is 1. The van der Waals surface area contributed by atoms with Gasteiger partial charge in [-0.05, 0) is 48.7 Å². The highest BCUT2D eigenvalue weighted by Crippen LogP contribution is 2.40. The molecule has 3 aromatic rings. The molecule has 0 fully saturated rings. The molecule has 0 aliphatic carbocycles. The van der Waals surface area contributed by atoms with Crippen LogP contribution in [0.15, 0.2) is 55.1 Å². The number of fused-ring (bicyclic) bond motifs is 1. The average Bonchev–Trinajstić information content (AvgIpc) is 3.01. The van der Waals surface area contributed by atoms with Gasteiger partial charge >= 0.3 is 5.97 Å². The Kier molecular flexibility index (Phi) is 6.79. The molecule has 0 aliphatic rings. The number of carboxylic acid groups (broad SMARTS) is 1. The topological polar surface area (TPSA) is 51.5 Å². The van der Waals surface area contributed by atoms with Crippen LogP contribution in [0.1, 0.15) is 49.2 Å². The lowest BCUT2D eigenvalue weighted by atomic mass is 9.93. The van der Waals surface area contributed by atoms with E-state index in [2.05, 4.69) is 6.58 Å². The molecule has 1 N–H and O–H groups in total. The number of halogens is 2. The van der Waals surface area contributed by atoms with Crippen molar-refractivity contribution in [2.24, 2.45) is 0 Å². The molecule has 0 aliphatic heterocycles. The Morgan fingerprint density at radius 2 is 1.77 bits per heavy atom. The van der Waals surface area contributed by atoms with Crippen molar-refractivity contribution in [2.45, 2.75) is 45.3 Å². The Morgan fingerprint density at radius 1 is 1.13 bits per heavy atom. The number of hydrogen-bond donors (Lipinski definition) is 1. The van der Waals surface area contributed by atoms with E-state index in [1.165, 1.54) is 0 Å². The zero-order valence-corrected chi connectivity index (χ0v) is 18.6. The van der Waals surface area contributed by atoms with Gasteiger partial charge in [-0.1, -0.05) is 55.3 Å². The van der Waals surface area contributed by atoms with Gasteiger partial charge in [0.1, 0.15) is 5.60 Å². The summed E-state index contributed by atoms with van der Waals surface area (Å²) in [6.07, 6.45) is 3.87. The minimum absolute atomic E-state index is 0.109. The second kappa shape index (κ2) is 9.15. The molecule has 6 heteroatoms. The quantitative estimate of drug-likeness (QED) is 0.354. The van der Waals surface area contributed by atoms with Crippen molar-refractivity contribution < 1.29 is 14.6 Å². The smallest absolute Gasteiger partial charge is 0.356 e. The number of aromatic carboxylic acids is 1. The molecule has 3 rings (SSSR count). The van der Waals surface area contributed by atoms with Crippen molar-refractivity contribution in [3.05, 3.63) is 76.4 Å². The first-order chi connectivity index (χ1) is 14.3. The van der Waals surface area contributed by atoms with Gasteiger partial charge in [-0.3, -0.25) is 0 Å². The molecule has 0 spiro atoms. The molecule has 0 saturated carbocycles. The van der Waals surface area contributed by atoms with Crippen molar-refractivity contribution in [3.63, 3.8) is 0 Å². The van der Waals surface area contributed by atoms with Gasteiger partial charge in [0, 0.05) is 28.4 Å². The van der Waals surface area contributed by atoms with Gasteiger partial charge in [-0.15, -0.1) is 6.58 Å². The lowest BCUT2D eigenvalue weighted by Gasteiger charge is -2.32. The van der Waals surface area contributed by atoms with Gasteiger partial charge in [-0.25, -0.2) is 4.79 Å². The largest absolute Gasteiger partial charge is 0.484 e. The predicted molar refractivity (Wildman–Crippen MR) is 123 cm³/mol. The molecule has 0 bridgehead atoms. The number of hydrogen-bond acceptors (Lipinski definition) is 2. The lowest BCUT2D eigenvalue weighted by Crippen LogP contribution is -2.34. The summed E-state index contributed by atoms with van der Waals surface area (Å²) in [4.78, 5) is 12.4. The highest BCUT2D eigenvalue weighted by molar-refractivity contribution is 6.31. The summed E-state index contributed by atoms with van der Waals surface area (Å²) in [6.45, 7) is 8.29. The van der Waals surface area contributed by atoms with E-state index in [1.54, 1.807) is 28.8 Å². The standard InChI is InChI=1S/C24H25Cl2NO3/c1-4-13-24(5-2,6-3)30-22-19-14-18(26)11-12-20(19)27(21(22)23(28)29)15-16-7-9-17(25)10-8-16/h4,7-12,14H,1,5-6,13,15H2,2-3H3,(H,28,29). The van der Waals surface area contributed by atoms with E-state index in [0.29, 0.717) is 34.1 Å². The van der Waals surface area contributed by atoms with E-state index in [0.717, 1.165) is 23.9 Å². The Balaban J connectivity index is 2.24. The van der Waals surface area contributed by atoms with Crippen molar-refractivity contribution in [3.8, 4) is 5.75 Å². The SMILES string of the molecule is C=CCC(CC)(CC)Oc1c(C(=O)O)n(Cc2ccc(Cl)cc2)c2ccc(Cl)cc12. The first kappa shape index (κ1) is 22.3. The zero-order chi connectivity index (χ0) is 21.9. The third kappa shape index (κ3) is 4.35. The average molecular weight is 446 g/mol. The Bertz CT molecular complexity index is 1070. The fourth-order valence-electron chi connectivity index (χ4n) is 3.75. The number of carbonyl (C=O) groups is 1. The Morgan fingerprint density at radius 3 is 2.33 bits per heavy atom. The Hall–Kier alpha value is -2.43.